The number of ketones is 1. The van der Waals surface area contributed by atoms with Crippen LogP contribution in [0.5, 0.6) is 17.2 Å². The van der Waals surface area contributed by atoms with Crippen LogP contribution in [-0.4, -0.2) is 35.9 Å². The Morgan fingerprint density at radius 3 is 2.24 bits per heavy atom. The third-order valence-corrected chi connectivity index (χ3v) is 9.50. The number of Topliss-reactive ketones (excluding diaryl/α,β-unsaturated/α-hetero) is 1. The minimum atomic E-state index is -3.88. The van der Waals surface area contributed by atoms with Crippen molar-refractivity contribution in [1.82, 2.24) is 14.3 Å². The zero-order valence-electron chi connectivity index (χ0n) is 28.5. The quantitative estimate of drug-likeness (QED) is 0.118. The zero-order chi connectivity index (χ0) is 35.2. The molecule has 256 valence electrons. The molecule has 5 aromatic rings. The molecule has 0 aliphatic rings. The number of carbonyl (C=O) groups excluding carboxylic acids is 1. The fourth-order valence-electron chi connectivity index (χ4n) is 5.59. The van der Waals surface area contributed by atoms with E-state index in [1.807, 2.05) is 50.2 Å². The Morgan fingerprint density at radius 2 is 1.57 bits per heavy atom. The smallest absolute Gasteiger partial charge is 0.241 e. The minimum absolute atomic E-state index is 0.0631. The standard InChI is InChI=1S/C39H42FN3O5S/c1-6-15-37-41-32(7-2)38(33(44)26-47-34-19-12-13-20-35(34)48-29-16-9-8-10-17-29)43(37)25-28-23-22-27(24-31(28)40)30-18-11-14-21-36(30)49(45,46)42-39(3,4)5/h8-14,16-24,42H,6-7,15,25-26H2,1-5H3. The van der Waals surface area contributed by atoms with Gasteiger partial charge in [-0.1, -0.05) is 74.5 Å². The number of nitrogens with zero attached hydrogens (tertiary/aromatic N) is 2. The Bertz CT molecular complexity index is 2040. The van der Waals surface area contributed by atoms with E-state index in [4.69, 9.17) is 14.5 Å². The highest BCUT2D eigenvalue weighted by molar-refractivity contribution is 7.89. The summed E-state index contributed by atoms with van der Waals surface area (Å²) in [6.45, 7) is 9.03. The van der Waals surface area contributed by atoms with Crippen molar-refractivity contribution < 1.29 is 27.1 Å². The molecular formula is C39H42FN3O5S. The van der Waals surface area contributed by atoms with Crippen LogP contribution in [0.3, 0.4) is 0 Å². The molecule has 8 nitrogen and oxygen atoms in total. The van der Waals surface area contributed by atoms with E-state index in [1.165, 1.54) is 12.1 Å². The number of hydrogen-bond acceptors (Lipinski definition) is 6. The second kappa shape index (κ2) is 15.2. The average molecular weight is 684 g/mol. The Labute approximate surface area is 288 Å². The molecule has 49 heavy (non-hydrogen) atoms. The summed E-state index contributed by atoms with van der Waals surface area (Å²) in [6.07, 6.45) is 1.89. The summed E-state index contributed by atoms with van der Waals surface area (Å²) in [5.41, 5.74) is 1.45. The third kappa shape index (κ3) is 8.63. The number of imidazole rings is 1. The number of carbonyl (C=O) groups is 1. The molecule has 0 atom stereocenters. The zero-order valence-corrected chi connectivity index (χ0v) is 29.3. The predicted molar refractivity (Wildman–Crippen MR) is 189 cm³/mol. The van der Waals surface area contributed by atoms with E-state index in [0.29, 0.717) is 64.0 Å². The molecule has 0 bridgehead atoms. The van der Waals surface area contributed by atoms with Gasteiger partial charge in [0.05, 0.1) is 17.1 Å². The van der Waals surface area contributed by atoms with Crippen LogP contribution >= 0.6 is 0 Å². The van der Waals surface area contributed by atoms with Crippen LogP contribution in [0.4, 0.5) is 4.39 Å². The number of nitrogens with one attached hydrogen (secondary N) is 1. The normalized spacial score (nSPS) is 11.8. The number of aryl methyl sites for hydroxylation is 2. The molecule has 1 N–H and O–H groups in total. The summed E-state index contributed by atoms with van der Waals surface area (Å²) in [5, 5.41) is 0. The first-order valence-corrected chi connectivity index (χ1v) is 17.9. The molecular weight excluding hydrogens is 642 g/mol. The molecule has 0 aliphatic carbocycles. The summed E-state index contributed by atoms with van der Waals surface area (Å²) in [5.74, 6) is 1.40. The van der Waals surface area contributed by atoms with Crippen molar-refractivity contribution >= 4 is 15.8 Å². The number of sulfonamides is 1. The number of hydrogen-bond donors (Lipinski definition) is 1. The summed E-state index contributed by atoms with van der Waals surface area (Å²) in [4.78, 5) is 18.7. The Morgan fingerprint density at radius 1 is 0.898 bits per heavy atom. The van der Waals surface area contributed by atoms with Gasteiger partial charge in [0, 0.05) is 23.1 Å². The van der Waals surface area contributed by atoms with E-state index in [2.05, 4.69) is 4.72 Å². The predicted octanol–water partition coefficient (Wildman–Crippen LogP) is 8.38. The molecule has 0 amide bonds. The third-order valence-electron chi connectivity index (χ3n) is 7.68. The van der Waals surface area contributed by atoms with Crippen LogP contribution in [0.1, 0.15) is 68.6 Å². The lowest BCUT2D eigenvalue weighted by atomic mass is 10.0. The van der Waals surface area contributed by atoms with E-state index < -0.39 is 21.4 Å². The van der Waals surface area contributed by atoms with Gasteiger partial charge < -0.3 is 14.0 Å². The Hall–Kier alpha value is -4.80. The van der Waals surface area contributed by atoms with Crippen molar-refractivity contribution in [3.05, 3.63) is 126 Å². The van der Waals surface area contributed by atoms with Gasteiger partial charge in [-0.05, 0) is 75.6 Å². The number of halogens is 1. The van der Waals surface area contributed by atoms with Crippen LogP contribution in [0.2, 0.25) is 0 Å². The largest absolute Gasteiger partial charge is 0.481 e. The van der Waals surface area contributed by atoms with Crippen molar-refractivity contribution in [2.45, 2.75) is 70.9 Å². The number of ether oxygens (including phenoxy) is 2. The fraction of sp³-hybridized carbons (Fsp3) is 0.282. The fourth-order valence-corrected chi connectivity index (χ4v) is 7.24. The lowest BCUT2D eigenvalue weighted by molar-refractivity contribution is 0.0909. The molecule has 0 fully saturated rings. The molecule has 0 unspecified atom stereocenters. The van der Waals surface area contributed by atoms with Crippen LogP contribution in [0, 0.1) is 5.82 Å². The van der Waals surface area contributed by atoms with Crippen LogP contribution in [0.15, 0.2) is 102 Å². The van der Waals surface area contributed by atoms with Crippen molar-refractivity contribution in [2.75, 3.05) is 6.61 Å². The molecule has 4 aromatic carbocycles. The SMILES string of the molecule is CCCc1nc(CC)c(C(=O)COc2ccccc2Oc2ccccc2)n1Cc1ccc(-c2ccccc2S(=O)(=O)NC(C)(C)C)cc1F. The molecule has 1 heterocycles. The van der Waals surface area contributed by atoms with E-state index in [9.17, 15) is 13.2 Å². The van der Waals surface area contributed by atoms with Gasteiger partial charge in [0.15, 0.2) is 18.1 Å². The van der Waals surface area contributed by atoms with E-state index in [1.54, 1.807) is 73.9 Å². The second-order valence-electron chi connectivity index (χ2n) is 12.7. The summed E-state index contributed by atoms with van der Waals surface area (Å²) in [7, 11) is -3.88. The number of para-hydroxylation sites is 3. The van der Waals surface area contributed by atoms with E-state index in [0.717, 1.165) is 6.42 Å². The van der Waals surface area contributed by atoms with Gasteiger partial charge in [-0.25, -0.2) is 22.5 Å². The van der Waals surface area contributed by atoms with Gasteiger partial charge in [0.25, 0.3) is 0 Å². The number of aromatic nitrogens is 2. The molecule has 0 spiro atoms. The minimum Gasteiger partial charge on any atom is -0.481 e. The lowest BCUT2D eigenvalue weighted by Crippen LogP contribution is -2.40. The summed E-state index contributed by atoms with van der Waals surface area (Å²) < 4.78 is 58.9. The van der Waals surface area contributed by atoms with Crippen LogP contribution in [0.25, 0.3) is 11.1 Å². The maximum atomic E-state index is 15.9. The molecule has 1 aromatic heterocycles. The molecule has 0 aliphatic heterocycles. The molecule has 10 heteroatoms. The first-order chi connectivity index (χ1) is 23.4. The second-order valence-corrected chi connectivity index (χ2v) is 14.4. The summed E-state index contributed by atoms with van der Waals surface area (Å²) in [6, 6.07) is 27.7. The molecule has 5 rings (SSSR count). The van der Waals surface area contributed by atoms with Crippen molar-refractivity contribution in [3.63, 3.8) is 0 Å². The van der Waals surface area contributed by atoms with Crippen LogP contribution < -0.4 is 14.2 Å². The first-order valence-electron chi connectivity index (χ1n) is 16.4. The average Bonchev–Trinajstić information content (AvgIpc) is 3.41. The highest BCUT2D eigenvalue weighted by Crippen LogP contribution is 2.32. The maximum absolute atomic E-state index is 15.9. The number of rotatable bonds is 14. The van der Waals surface area contributed by atoms with E-state index >= 15 is 4.39 Å². The molecule has 0 saturated carbocycles. The van der Waals surface area contributed by atoms with Crippen LogP contribution in [-0.2, 0) is 29.4 Å². The summed E-state index contributed by atoms with van der Waals surface area (Å²) >= 11 is 0. The van der Waals surface area contributed by atoms with Gasteiger partial charge in [-0.3, -0.25) is 4.79 Å². The van der Waals surface area contributed by atoms with E-state index in [-0.39, 0.29) is 23.8 Å². The lowest BCUT2D eigenvalue weighted by Gasteiger charge is -2.21. The van der Waals surface area contributed by atoms with Gasteiger partial charge in [0.1, 0.15) is 23.1 Å². The highest BCUT2D eigenvalue weighted by Gasteiger charge is 2.26. The Kier molecular flexibility index (Phi) is 11.0. The van der Waals surface area contributed by atoms with Crippen molar-refractivity contribution in [2.24, 2.45) is 0 Å². The van der Waals surface area contributed by atoms with Gasteiger partial charge in [-0.15, -0.1) is 0 Å². The monoisotopic (exact) mass is 683 g/mol. The topological polar surface area (TPSA) is 99.5 Å². The number of benzene rings is 4. The molecule has 0 radical (unpaired) electrons. The first kappa shape index (κ1) is 35.5. The molecule has 0 saturated heterocycles. The van der Waals surface area contributed by atoms with Gasteiger partial charge >= 0.3 is 0 Å². The maximum Gasteiger partial charge on any atom is 0.241 e. The van der Waals surface area contributed by atoms with Crippen molar-refractivity contribution in [3.8, 4) is 28.4 Å². The van der Waals surface area contributed by atoms with Crippen molar-refractivity contribution in [1.29, 1.82) is 0 Å². The Balaban J connectivity index is 1.43. The van der Waals surface area contributed by atoms with Gasteiger partial charge in [0.2, 0.25) is 15.8 Å². The highest BCUT2D eigenvalue weighted by atomic mass is 32.2. The van der Waals surface area contributed by atoms with Gasteiger partial charge in [-0.2, -0.15) is 0 Å².